The average Bonchev–Trinajstić information content (AvgIpc) is 3.17. The predicted octanol–water partition coefficient (Wildman–Crippen LogP) is 2.53. The fourth-order valence-corrected chi connectivity index (χ4v) is 2.28. The van der Waals surface area contributed by atoms with Gasteiger partial charge in [-0.3, -0.25) is 0 Å². The highest BCUT2D eigenvalue weighted by molar-refractivity contribution is 5.26. The Hall–Kier alpha value is -2.40. The first-order chi connectivity index (χ1) is 10.3. The van der Waals surface area contributed by atoms with Crippen molar-refractivity contribution in [3.8, 4) is 0 Å². The second-order valence-electron chi connectivity index (χ2n) is 4.91. The van der Waals surface area contributed by atoms with Crippen LogP contribution in [0.4, 0.5) is 0 Å². The van der Waals surface area contributed by atoms with Crippen LogP contribution in [0.2, 0.25) is 0 Å². The molecule has 0 aliphatic rings. The number of benzene rings is 1. The van der Waals surface area contributed by atoms with Crippen LogP contribution in [0.1, 0.15) is 35.9 Å². The van der Waals surface area contributed by atoms with E-state index >= 15 is 0 Å². The molecule has 0 amide bonds. The maximum Gasteiger partial charge on any atom is 0.214 e. The summed E-state index contributed by atoms with van der Waals surface area (Å²) in [6.45, 7) is 2.58. The quantitative estimate of drug-likeness (QED) is 0.780. The summed E-state index contributed by atoms with van der Waals surface area (Å²) < 4.78 is 7.62. The molecular weight excluding hydrogens is 264 g/mol. The number of imidazole rings is 1. The third-order valence-electron chi connectivity index (χ3n) is 3.48. The van der Waals surface area contributed by atoms with Gasteiger partial charge in [0.1, 0.15) is 12.3 Å². The van der Waals surface area contributed by atoms with E-state index in [0.717, 1.165) is 23.4 Å². The minimum atomic E-state index is -0.214. The fourth-order valence-electron chi connectivity index (χ4n) is 2.28. The van der Waals surface area contributed by atoms with Crippen molar-refractivity contribution in [2.45, 2.75) is 25.9 Å². The summed E-state index contributed by atoms with van der Waals surface area (Å²) in [4.78, 5) is 8.48. The summed E-state index contributed by atoms with van der Waals surface area (Å²) in [6.07, 6.45) is 6.16. The zero-order valence-corrected chi connectivity index (χ0v) is 11.9. The molecule has 1 unspecified atom stereocenters. The number of aromatic nitrogens is 3. The molecule has 0 aliphatic carbocycles. The highest BCUT2D eigenvalue weighted by Crippen LogP contribution is 2.19. The van der Waals surface area contributed by atoms with Gasteiger partial charge < -0.3 is 14.7 Å². The van der Waals surface area contributed by atoms with Gasteiger partial charge in [-0.2, -0.15) is 0 Å². The first-order valence-electron chi connectivity index (χ1n) is 7.02. The summed E-state index contributed by atoms with van der Waals surface area (Å²) in [5.74, 6) is 1.56. The molecule has 5 heteroatoms. The van der Waals surface area contributed by atoms with E-state index in [-0.39, 0.29) is 6.04 Å². The second kappa shape index (κ2) is 5.93. The van der Waals surface area contributed by atoms with Gasteiger partial charge in [0.05, 0.1) is 30.5 Å². The number of nitrogens with zero attached hydrogens (tertiary/aromatic N) is 3. The Balaban J connectivity index is 1.83. The summed E-state index contributed by atoms with van der Waals surface area (Å²) >= 11 is 0. The van der Waals surface area contributed by atoms with Crippen molar-refractivity contribution >= 4 is 0 Å². The molecule has 0 saturated carbocycles. The van der Waals surface area contributed by atoms with Crippen LogP contribution in [0, 0.1) is 0 Å². The minimum absolute atomic E-state index is 0.214. The number of hydrogen-bond acceptors (Lipinski definition) is 4. The maximum atomic E-state index is 6.33. The molecule has 0 spiro atoms. The van der Waals surface area contributed by atoms with E-state index in [2.05, 4.69) is 9.97 Å². The molecule has 3 aromatic rings. The molecule has 1 atom stereocenters. The topological polar surface area (TPSA) is 69.9 Å². The van der Waals surface area contributed by atoms with E-state index in [1.54, 1.807) is 18.7 Å². The highest BCUT2D eigenvalue weighted by Gasteiger charge is 2.15. The lowest BCUT2D eigenvalue weighted by Crippen LogP contribution is -2.17. The van der Waals surface area contributed by atoms with Crippen molar-refractivity contribution in [2.24, 2.45) is 5.73 Å². The van der Waals surface area contributed by atoms with E-state index in [4.69, 9.17) is 10.2 Å². The van der Waals surface area contributed by atoms with Crippen molar-refractivity contribution in [1.82, 2.24) is 14.5 Å². The van der Waals surface area contributed by atoms with Gasteiger partial charge in [-0.05, 0) is 5.56 Å². The Kier molecular flexibility index (Phi) is 3.83. The predicted molar refractivity (Wildman–Crippen MR) is 79.7 cm³/mol. The van der Waals surface area contributed by atoms with E-state index in [1.165, 1.54) is 0 Å². The van der Waals surface area contributed by atoms with Crippen molar-refractivity contribution < 1.29 is 4.42 Å². The van der Waals surface area contributed by atoms with Gasteiger partial charge in [0.2, 0.25) is 5.89 Å². The van der Waals surface area contributed by atoms with E-state index in [9.17, 15) is 0 Å². The van der Waals surface area contributed by atoms with Crippen LogP contribution in [0.3, 0.4) is 0 Å². The number of rotatable bonds is 5. The van der Waals surface area contributed by atoms with Gasteiger partial charge in [0.25, 0.3) is 0 Å². The summed E-state index contributed by atoms with van der Waals surface area (Å²) in [7, 11) is 0. The standard InChI is InChI=1S/C16H18N4O/c1-2-13-8-19-15(21-13)10-20-11-18-9-14(20)16(17)12-6-4-3-5-7-12/h3-9,11,16H,2,10,17H2,1H3. The molecule has 0 radical (unpaired) electrons. The molecule has 0 fully saturated rings. The summed E-state index contributed by atoms with van der Waals surface area (Å²) in [5, 5.41) is 0. The molecule has 2 aromatic heterocycles. The van der Waals surface area contributed by atoms with E-state index in [1.807, 2.05) is 41.8 Å². The lowest BCUT2D eigenvalue weighted by Gasteiger charge is -2.14. The zero-order valence-electron chi connectivity index (χ0n) is 11.9. The van der Waals surface area contributed by atoms with Gasteiger partial charge in [-0.1, -0.05) is 37.3 Å². The smallest absolute Gasteiger partial charge is 0.214 e. The molecule has 1 aromatic carbocycles. The first-order valence-corrected chi connectivity index (χ1v) is 7.02. The van der Waals surface area contributed by atoms with Gasteiger partial charge in [-0.15, -0.1) is 0 Å². The molecule has 0 bridgehead atoms. The zero-order chi connectivity index (χ0) is 14.7. The number of aryl methyl sites for hydroxylation is 1. The largest absolute Gasteiger partial charge is 0.444 e. The molecular formula is C16H18N4O. The first kappa shape index (κ1) is 13.6. The van der Waals surface area contributed by atoms with Crippen LogP contribution in [0.15, 0.2) is 53.5 Å². The molecule has 5 nitrogen and oxygen atoms in total. The Labute approximate surface area is 123 Å². The molecule has 2 heterocycles. The van der Waals surface area contributed by atoms with Gasteiger partial charge in [0.15, 0.2) is 0 Å². The maximum absolute atomic E-state index is 6.33. The molecule has 3 rings (SSSR count). The highest BCUT2D eigenvalue weighted by atomic mass is 16.4. The van der Waals surface area contributed by atoms with Gasteiger partial charge in [0, 0.05) is 6.42 Å². The van der Waals surface area contributed by atoms with Crippen LogP contribution in [-0.2, 0) is 13.0 Å². The molecule has 2 N–H and O–H groups in total. The van der Waals surface area contributed by atoms with Crippen molar-refractivity contribution in [1.29, 1.82) is 0 Å². The second-order valence-corrected chi connectivity index (χ2v) is 4.91. The summed E-state index contributed by atoms with van der Waals surface area (Å²) in [6, 6.07) is 9.76. The monoisotopic (exact) mass is 282 g/mol. The van der Waals surface area contributed by atoms with Crippen LogP contribution in [-0.4, -0.2) is 14.5 Å². The van der Waals surface area contributed by atoms with Crippen LogP contribution in [0.25, 0.3) is 0 Å². The summed E-state index contributed by atoms with van der Waals surface area (Å²) in [5.41, 5.74) is 8.33. The van der Waals surface area contributed by atoms with Crippen molar-refractivity contribution in [3.05, 3.63) is 72.0 Å². The number of hydrogen-bond donors (Lipinski definition) is 1. The third-order valence-corrected chi connectivity index (χ3v) is 3.48. The number of oxazole rings is 1. The Morgan fingerprint density at radius 1 is 1.24 bits per heavy atom. The average molecular weight is 282 g/mol. The fraction of sp³-hybridized carbons (Fsp3) is 0.250. The van der Waals surface area contributed by atoms with E-state index in [0.29, 0.717) is 12.4 Å². The lowest BCUT2D eigenvalue weighted by atomic mass is 10.1. The molecule has 108 valence electrons. The lowest BCUT2D eigenvalue weighted by molar-refractivity contribution is 0.442. The Bertz CT molecular complexity index is 702. The molecule has 0 saturated heterocycles. The van der Waals surface area contributed by atoms with Crippen LogP contribution < -0.4 is 5.73 Å². The van der Waals surface area contributed by atoms with Crippen molar-refractivity contribution in [2.75, 3.05) is 0 Å². The number of nitrogens with two attached hydrogens (primary N) is 1. The van der Waals surface area contributed by atoms with Gasteiger partial charge in [-0.25, -0.2) is 9.97 Å². The molecule has 0 aliphatic heterocycles. The third kappa shape index (κ3) is 2.87. The van der Waals surface area contributed by atoms with E-state index < -0.39 is 0 Å². The SMILES string of the molecule is CCc1cnc(Cn2cncc2C(N)c2ccccc2)o1. The Morgan fingerprint density at radius 2 is 2.05 bits per heavy atom. The molecule has 21 heavy (non-hydrogen) atoms. The van der Waals surface area contributed by atoms with Crippen LogP contribution in [0.5, 0.6) is 0 Å². The normalized spacial score (nSPS) is 12.5. The van der Waals surface area contributed by atoms with Crippen molar-refractivity contribution in [3.63, 3.8) is 0 Å². The Morgan fingerprint density at radius 3 is 2.76 bits per heavy atom. The van der Waals surface area contributed by atoms with Crippen LogP contribution >= 0.6 is 0 Å². The minimum Gasteiger partial charge on any atom is -0.444 e. The van der Waals surface area contributed by atoms with Gasteiger partial charge >= 0.3 is 0 Å².